The molecule has 19 heavy (non-hydrogen) atoms. The summed E-state index contributed by atoms with van der Waals surface area (Å²) in [6, 6.07) is 0.445. The zero-order valence-corrected chi connectivity index (χ0v) is 13.0. The van der Waals surface area contributed by atoms with Crippen LogP contribution in [0.15, 0.2) is 0 Å². The lowest BCUT2D eigenvalue weighted by Crippen LogP contribution is -2.57. The van der Waals surface area contributed by atoms with Crippen molar-refractivity contribution in [1.82, 2.24) is 15.1 Å². The molecule has 1 aliphatic rings. The van der Waals surface area contributed by atoms with Crippen molar-refractivity contribution in [1.29, 1.82) is 0 Å². The third-order valence-electron chi connectivity index (χ3n) is 4.30. The third-order valence-corrected chi connectivity index (χ3v) is 4.30. The van der Waals surface area contributed by atoms with Crippen LogP contribution in [-0.4, -0.2) is 75.7 Å². The maximum Gasteiger partial charge on any atom is 0.326 e. The molecule has 1 N–H and O–H groups in total. The average molecular weight is 271 g/mol. The van der Waals surface area contributed by atoms with Gasteiger partial charge in [-0.2, -0.15) is 0 Å². The van der Waals surface area contributed by atoms with Gasteiger partial charge >= 0.3 is 5.97 Å². The molecule has 112 valence electrons. The van der Waals surface area contributed by atoms with Gasteiger partial charge in [-0.1, -0.05) is 0 Å². The highest BCUT2D eigenvalue weighted by Crippen LogP contribution is 2.31. The number of carbonyl (C=O) groups excluding carboxylic acids is 1. The highest BCUT2D eigenvalue weighted by Gasteiger charge is 2.43. The van der Waals surface area contributed by atoms with Crippen molar-refractivity contribution in [3.05, 3.63) is 0 Å². The first-order chi connectivity index (χ1) is 8.95. The van der Waals surface area contributed by atoms with Gasteiger partial charge in [0.1, 0.15) is 5.54 Å². The van der Waals surface area contributed by atoms with E-state index in [1.165, 1.54) is 7.11 Å². The lowest BCUT2D eigenvalue weighted by molar-refractivity contribution is -0.150. The van der Waals surface area contributed by atoms with Crippen molar-refractivity contribution in [2.24, 2.45) is 0 Å². The molecule has 2 unspecified atom stereocenters. The van der Waals surface area contributed by atoms with E-state index in [2.05, 4.69) is 36.3 Å². The first-order valence-electron chi connectivity index (χ1n) is 7.07. The minimum absolute atomic E-state index is 0.124. The van der Waals surface area contributed by atoms with Crippen LogP contribution in [0.25, 0.3) is 0 Å². The van der Waals surface area contributed by atoms with Crippen molar-refractivity contribution >= 4 is 5.97 Å². The molecule has 0 aromatic carbocycles. The molecule has 0 heterocycles. The van der Waals surface area contributed by atoms with Crippen LogP contribution in [0.5, 0.6) is 0 Å². The van der Waals surface area contributed by atoms with Crippen LogP contribution in [0.4, 0.5) is 0 Å². The van der Waals surface area contributed by atoms with Crippen molar-refractivity contribution < 1.29 is 9.53 Å². The van der Waals surface area contributed by atoms with Crippen molar-refractivity contribution in [2.75, 3.05) is 48.4 Å². The quantitative estimate of drug-likeness (QED) is 0.715. The van der Waals surface area contributed by atoms with E-state index in [9.17, 15) is 4.79 Å². The number of methoxy groups -OCH3 is 1. The van der Waals surface area contributed by atoms with Gasteiger partial charge in [0.15, 0.2) is 0 Å². The van der Waals surface area contributed by atoms with Gasteiger partial charge in [-0.25, -0.2) is 0 Å². The Bertz CT molecular complexity index is 296. The van der Waals surface area contributed by atoms with Crippen LogP contribution in [0.2, 0.25) is 0 Å². The van der Waals surface area contributed by atoms with Crippen LogP contribution in [-0.2, 0) is 9.53 Å². The van der Waals surface area contributed by atoms with Gasteiger partial charge in [-0.05, 0) is 53.9 Å². The van der Waals surface area contributed by atoms with E-state index in [0.717, 1.165) is 38.8 Å². The summed E-state index contributed by atoms with van der Waals surface area (Å²) >= 11 is 0. The largest absolute Gasteiger partial charge is 0.468 e. The number of carbonyl (C=O) groups is 1. The molecule has 0 aromatic rings. The molecule has 0 amide bonds. The number of likely N-dealkylation sites (N-methyl/N-ethyl adjacent to an activating group) is 3. The number of hydrogen-bond acceptors (Lipinski definition) is 5. The van der Waals surface area contributed by atoms with E-state index in [4.69, 9.17) is 4.74 Å². The van der Waals surface area contributed by atoms with Crippen LogP contribution < -0.4 is 5.32 Å². The number of nitrogens with zero attached hydrogens (tertiary/aromatic N) is 2. The van der Waals surface area contributed by atoms with E-state index in [0.29, 0.717) is 6.04 Å². The molecule has 0 saturated heterocycles. The van der Waals surface area contributed by atoms with Gasteiger partial charge in [0.05, 0.1) is 7.11 Å². The Labute approximate surface area is 117 Å². The molecule has 0 bridgehead atoms. The van der Waals surface area contributed by atoms with Crippen LogP contribution >= 0.6 is 0 Å². The summed E-state index contributed by atoms with van der Waals surface area (Å²) in [6.07, 6.45) is 3.92. The topological polar surface area (TPSA) is 44.8 Å². The SMILES string of the molecule is CNC1(C(=O)OC)CCCC(N(C)CCN(C)C)C1. The van der Waals surface area contributed by atoms with E-state index < -0.39 is 5.54 Å². The highest BCUT2D eigenvalue weighted by molar-refractivity contribution is 5.81. The summed E-state index contributed by atoms with van der Waals surface area (Å²) in [5.41, 5.74) is -0.496. The third kappa shape index (κ3) is 4.16. The lowest BCUT2D eigenvalue weighted by atomic mass is 9.78. The van der Waals surface area contributed by atoms with Crippen molar-refractivity contribution in [3.8, 4) is 0 Å². The Balaban J connectivity index is 2.64. The Hall–Kier alpha value is -0.650. The summed E-state index contributed by atoms with van der Waals surface area (Å²) in [4.78, 5) is 16.6. The van der Waals surface area contributed by atoms with Crippen LogP contribution in [0, 0.1) is 0 Å². The summed E-state index contributed by atoms with van der Waals surface area (Å²) in [7, 11) is 9.65. The molecule has 1 rings (SSSR count). The molecule has 1 saturated carbocycles. The second kappa shape index (κ2) is 7.22. The minimum Gasteiger partial charge on any atom is -0.468 e. The van der Waals surface area contributed by atoms with Crippen LogP contribution in [0.1, 0.15) is 25.7 Å². The standard InChI is InChI=1S/C14H29N3O2/c1-15-14(13(18)19-5)8-6-7-12(11-14)17(4)10-9-16(2)3/h12,15H,6-11H2,1-5H3. The number of ether oxygens (including phenoxy) is 1. The van der Waals surface area contributed by atoms with E-state index in [1.54, 1.807) is 0 Å². The van der Waals surface area contributed by atoms with Crippen molar-refractivity contribution in [2.45, 2.75) is 37.3 Å². The minimum atomic E-state index is -0.496. The Kier molecular flexibility index (Phi) is 6.23. The van der Waals surface area contributed by atoms with Gasteiger partial charge in [-0.3, -0.25) is 4.79 Å². The number of hydrogen-bond donors (Lipinski definition) is 1. The first kappa shape index (κ1) is 16.4. The normalized spacial score (nSPS) is 27.8. The number of esters is 1. The summed E-state index contributed by atoms with van der Waals surface area (Å²) < 4.78 is 4.98. The molecule has 0 aromatic heterocycles. The highest BCUT2D eigenvalue weighted by atomic mass is 16.5. The molecule has 0 spiro atoms. The number of rotatable bonds is 6. The molecule has 1 fully saturated rings. The Morgan fingerprint density at radius 3 is 2.58 bits per heavy atom. The maximum absolute atomic E-state index is 12.0. The number of nitrogens with one attached hydrogen (secondary N) is 1. The van der Waals surface area contributed by atoms with Gasteiger partial charge in [0.25, 0.3) is 0 Å². The monoisotopic (exact) mass is 271 g/mol. The predicted molar refractivity (Wildman–Crippen MR) is 77.2 cm³/mol. The molecular formula is C14H29N3O2. The Morgan fingerprint density at radius 1 is 1.37 bits per heavy atom. The van der Waals surface area contributed by atoms with E-state index in [1.807, 2.05) is 7.05 Å². The van der Waals surface area contributed by atoms with Gasteiger partial charge in [0.2, 0.25) is 0 Å². The van der Waals surface area contributed by atoms with Gasteiger partial charge < -0.3 is 19.9 Å². The predicted octanol–water partition coefficient (Wildman–Crippen LogP) is 0.554. The summed E-state index contributed by atoms with van der Waals surface area (Å²) in [6.45, 7) is 2.07. The van der Waals surface area contributed by atoms with Gasteiger partial charge in [-0.15, -0.1) is 0 Å². The second-order valence-corrected chi connectivity index (χ2v) is 5.86. The van der Waals surface area contributed by atoms with Crippen molar-refractivity contribution in [3.63, 3.8) is 0 Å². The molecule has 5 nitrogen and oxygen atoms in total. The maximum atomic E-state index is 12.0. The van der Waals surface area contributed by atoms with E-state index in [-0.39, 0.29) is 5.97 Å². The first-order valence-corrected chi connectivity index (χ1v) is 7.07. The zero-order valence-electron chi connectivity index (χ0n) is 13.0. The zero-order chi connectivity index (χ0) is 14.5. The second-order valence-electron chi connectivity index (χ2n) is 5.86. The van der Waals surface area contributed by atoms with Crippen LogP contribution in [0.3, 0.4) is 0 Å². The fraction of sp³-hybridized carbons (Fsp3) is 0.929. The molecule has 0 radical (unpaired) electrons. The summed E-state index contributed by atoms with van der Waals surface area (Å²) in [5.74, 6) is -0.124. The molecule has 2 atom stereocenters. The lowest BCUT2D eigenvalue weighted by Gasteiger charge is -2.42. The van der Waals surface area contributed by atoms with Gasteiger partial charge in [0, 0.05) is 19.1 Å². The Morgan fingerprint density at radius 2 is 2.05 bits per heavy atom. The van der Waals surface area contributed by atoms with E-state index >= 15 is 0 Å². The fourth-order valence-corrected chi connectivity index (χ4v) is 2.87. The smallest absolute Gasteiger partial charge is 0.326 e. The summed E-state index contributed by atoms with van der Waals surface area (Å²) in [5, 5.41) is 3.21. The molecule has 5 heteroatoms. The molecule has 1 aliphatic carbocycles. The average Bonchev–Trinajstić information content (AvgIpc) is 2.43. The molecule has 0 aliphatic heterocycles. The molecular weight excluding hydrogens is 242 g/mol. The fourth-order valence-electron chi connectivity index (χ4n) is 2.87.